The lowest BCUT2D eigenvalue weighted by atomic mass is 9.71. The van der Waals surface area contributed by atoms with E-state index in [1.165, 1.54) is 30.5 Å². The number of aryl methyl sites for hydroxylation is 1. The summed E-state index contributed by atoms with van der Waals surface area (Å²) >= 11 is 0. The largest absolute Gasteiger partial charge is 0.320 e. The number of benzene rings is 1. The molecule has 1 aliphatic heterocycles. The second-order valence-corrected chi connectivity index (χ2v) is 6.75. The first-order valence-electron chi connectivity index (χ1n) is 7.61. The number of rotatable bonds is 0. The van der Waals surface area contributed by atoms with E-state index in [1.807, 2.05) is 0 Å². The average Bonchev–Trinajstić information content (AvgIpc) is 3.13. The van der Waals surface area contributed by atoms with Crippen LogP contribution < -0.4 is 0 Å². The maximum absolute atomic E-state index is 2.46. The molecule has 2 aliphatic carbocycles. The number of nitrogens with zero attached hydrogens (tertiary/aromatic N) is 1. The van der Waals surface area contributed by atoms with Gasteiger partial charge in [-0.3, -0.25) is 0 Å². The highest BCUT2D eigenvalue weighted by Gasteiger charge is 2.51. The predicted octanol–water partition coefficient (Wildman–Crippen LogP) is 4.40. The van der Waals surface area contributed by atoms with E-state index in [-0.39, 0.29) is 0 Å². The minimum atomic E-state index is 0.794. The number of fused-ring (bicyclic) bond motifs is 10. The third kappa shape index (κ3) is 1.17. The Hall–Kier alpha value is -1.50. The molecule has 1 heteroatoms. The van der Waals surface area contributed by atoms with Gasteiger partial charge in [-0.05, 0) is 67.7 Å². The van der Waals surface area contributed by atoms with Crippen LogP contribution in [0.15, 0.2) is 36.5 Å². The standard InChI is InChI=1S/C18H19N/c1-11-4-7-15-14(9-11)17-12-5-6-13(10-12)18(17)16-3-2-8-19(15)16/h2-4,7-9,12-13,17-18H,5-6,10H2,1H3. The zero-order chi connectivity index (χ0) is 12.6. The summed E-state index contributed by atoms with van der Waals surface area (Å²) in [6.07, 6.45) is 6.64. The Labute approximate surface area is 114 Å². The Bertz CT molecular complexity index is 666. The molecule has 0 radical (unpaired) electrons. The highest BCUT2D eigenvalue weighted by molar-refractivity contribution is 5.53. The first kappa shape index (κ1) is 10.3. The van der Waals surface area contributed by atoms with E-state index in [0.717, 1.165) is 23.7 Å². The molecule has 1 aromatic heterocycles. The molecule has 0 spiro atoms. The van der Waals surface area contributed by atoms with Crippen LogP contribution in [0.4, 0.5) is 0 Å². The van der Waals surface area contributed by atoms with Crippen molar-refractivity contribution < 1.29 is 0 Å². The number of hydrogen-bond donors (Lipinski definition) is 0. The first-order chi connectivity index (χ1) is 9.33. The molecular weight excluding hydrogens is 230 g/mol. The minimum absolute atomic E-state index is 0.794. The molecule has 2 heterocycles. The molecule has 3 aliphatic rings. The Morgan fingerprint density at radius 3 is 2.79 bits per heavy atom. The van der Waals surface area contributed by atoms with Crippen LogP contribution in [-0.2, 0) is 0 Å². The fraction of sp³-hybridized carbons (Fsp3) is 0.444. The van der Waals surface area contributed by atoms with Crippen molar-refractivity contribution in [3.8, 4) is 5.69 Å². The summed E-state index contributed by atoms with van der Waals surface area (Å²) in [6.45, 7) is 2.23. The van der Waals surface area contributed by atoms with Crippen molar-refractivity contribution in [2.45, 2.75) is 38.0 Å². The van der Waals surface area contributed by atoms with Gasteiger partial charge in [0.2, 0.25) is 0 Å². The molecule has 2 bridgehead atoms. The van der Waals surface area contributed by atoms with Gasteiger partial charge < -0.3 is 4.57 Å². The van der Waals surface area contributed by atoms with E-state index in [2.05, 4.69) is 48.0 Å². The van der Waals surface area contributed by atoms with Crippen molar-refractivity contribution >= 4 is 0 Å². The van der Waals surface area contributed by atoms with Crippen LogP contribution in [0.5, 0.6) is 0 Å². The molecule has 2 aromatic rings. The molecule has 0 saturated heterocycles. The second kappa shape index (κ2) is 3.33. The molecule has 19 heavy (non-hydrogen) atoms. The van der Waals surface area contributed by atoms with Crippen LogP contribution in [-0.4, -0.2) is 4.57 Å². The van der Waals surface area contributed by atoms with Crippen LogP contribution in [0.1, 0.15) is 47.9 Å². The Kier molecular flexibility index (Phi) is 1.81. The minimum Gasteiger partial charge on any atom is -0.320 e. The van der Waals surface area contributed by atoms with Crippen LogP contribution in [0.2, 0.25) is 0 Å². The Morgan fingerprint density at radius 1 is 1.05 bits per heavy atom. The van der Waals surface area contributed by atoms with Crippen molar-refractivity contribution in [2.75, 3.05) is 0 Å². The van der Waals surface area contributed by atoms with E-state index < -0.39 is 0 Å². The average molecular weight is 249 g/mol. The zero-order valence-electron chi connectivity index (χ0n) is 11.3. The lowest BCUT2D eigenvalue weighted by Crippen LogP contribution is -2.26. The predicted molar refractivity (Wildman–Crippen MR) is 76.8 cm³/mol. The maximum atomic E-state index is 2.46. The molecule has 4 unspecified atom stereocenters. The second-order valence-electron chi connectivity index (χ2n) is 6.75. The van der Waals surface area contributed by atoms with Gasteiger partial charge in [-0.15, -0.1) is 0 Å². The molecule has 2 saturated carbocycles. The van der Waals surface area contributed by atoms with Crippen molar-refractivity contribution in [2.24, 2.45) is 11.8 Å². The Morgan fingerprint density at radius 2 is 1.89 bits per heavy atom. The van der Waals surface area contributed by atoms with Crippen LogP contribution in [0.25, 0.3) is 5.69 Å². The normalized spacial score (nSPS) is 33.9. The van der Waals surface area contributed by atoms with Crippen LogP contribution in [0, 0.1) is 18.8 Å². The van der Waals surface area contributed by atoms with Crippen molar-refractivity contribution in [3.05, 3.63) is 53.3 Å². The zero-order valence-corrected chi connectivity index (χ0v) is 11.3. The van der Waals surface area contributed by atoms with Crippen molar-refractivity contribution in [3.63, 3.8) is 0 Å². The molecule has 0 amide bonds. The fourth-order valence-electron chi connectivity index (χ4n) is 5.21. The summed E-state index contributed by atoms with van der Waals surface area (Å²) in [7, 11) is 0. The van der Waals surface area contributed by atoms with Crippen molar-refractivity contribution in [1.82, 2.24) is 4.57 Å². The highest BCUT2D eigenvalue weighted by atomic mass is 15.0. The third-order valence-corrected chi connectivity index (χ3v) is 5.84. The van der Waals surface area contributed by atoms with Gasteiger partial charge in [0, 0.05) is 23.5 Å². The van der Waals surface area contributed by atoms with E-state index in [0.29, 0.717) is 0 Å². The van der Waals surface area contributed by atoms with E-state index in [4.69, 9.17) is 0 Å². The Balaban J connectivity index is 1.82. The van der Waals surface area contributed by atoms with Crippen molar-refractivity contribution in [1.29, 1.82) is 0 Å². The van der Waals surface area contributed by atoms with Gasteiger partial charge in [0.1, 0.15) is 0 Å². The molecule has 0 N–H and O–H groups in total. The fourth-order valence-corrected chi connectivity index (χ4v) is 5.21. The van der Waals surface area contributed by atoms with E-state index in [1.54, 1.807) is 11.3 Å². The molecule has 2 fully saturated rings. The van der Waals surface area contributed by atoms with Gasteiger partial charge in [-0.2, -0.15) is 0 Å². The van der Waals surface area contributed by atoms with Gasteiger partial charge in [-0.1, -0.05) is 17.7 Å². The van der Waals surface area contributed by atoms with E-state index >= 15 is 0 Å². The lowest BCUT2D eigenvalue weighted by Gasteiger charge is -2.38. The smallest absolute Gasteiger partial charge is 0.0487 e. The quantitative estimate of drug-likeness (QED) is 0.652. The summed E-state index contributed by atoms with van der Waals surface area (Å²) in [4.78, 5) is 0. The van der Waals surface area contributed by atoms with Gasteiger partial charge >= 0.3 is 0 Å². The summed E-state index contributed by atoms with van der Waals surface area (Å²) in [6, 6.07) is 11.6. The topological polar surface area (TPSA) is 4.93 Å². The lowest BCUT2D eigenvalue weighted by molar-refractivity contribution is 0.348. The molecule has 96 valence electrons. The molecule has 1 aromatic carbocycles. The maximum Gasteiger partial charge on any atom is 0.0487 e. The van der Waals surface area contributed by atoms with Crippen LogP contribution >= 0.6 is 0 Å². The summed E-state index contributed by atoms with van der Waals surface area (Å²) in [5, 5.41) is 0. The van der Waals surface area contributed by atoms with Gasteiger partial charge in [0.15, 0.2) is 0 Å². The number of hydrogen-bond acceptors (Lipinski definition) is 0. The van der Waals surface area contributed by atoms with Gasteiger partial charge in [-0.25, -0.2) is 0 Å². The van der Waals surface area contributed by atoms with Crippen LogP contribution in [0.3, 0.4) is 0 Å². The van der Waals surface area contributed by atoms with Gasteiger partial charge in [0.25, 0.3) is 0 Å². The highest BCUT2D eigenvalue weighted by Crippen LogP contribution is 2.63. The first-order valence-corrected chi connectivity index (χ1v) is 7.61. The van der Waals surface area contributed by atoms with E-state index in [9.17, 15) is 0 Å². The number of aromatic nitrogens is 1. The summed E-state index contributed by atoms with van der Waals surface area (Å²) in [5.74, 6) is 3.48. The summed E-state index contributed by atoms with van der Waals surface area (Å²) in [5.41, 5.74) is 6.06. The van der Waals surface area contributed by atoms with Gasteiger partial charge in [0.05, 0.1) is 0 Å². The molecule has 5 rings (SSSR count). The SMILES string of the molecule is Cc1ccc2c(c1)C1C3CCC(C3)C1c1cccn1-2. The monoisotopic (exact) mass is 249 g/mol. The summed E-state index contributed by atoms with van der Waals surface area (Å²) < 4.78 is 2.46. The molecule has 1 nitrogen and oxygen atoms in total. The molecular formula is C18H19N. The third-order valence-electron chi connectivity index (χ3n) is 5.84. The molecule has 4 atom stereocenters.